The number of carbonyl (C=O) groups is 2. The van der Waals surface area contributed by atoms with E-state index in [1.807, 2.05) is 26.0 Å². The van der Waals surface area contributed by atoms with Crippen LogP contribution in [0.15, 0.2) is 24.3 Å². The number of hydrogen-bond donors (Lipinski definition) is 0. The number of carbonyl (C=O) groups excluding carboxylic acids is 2. The highest BCUT2D eigenvalue weighted by atomic mass is 32.2. The van der Waals surface area contributed by atoms with Crippen LogP contribution in [0, 0.1) is 5.92 Å². The Morgan fingerprint density at radius 2 is 2.00 bits per heavy atom. The van der Waals surface area contributed by atoms with Crippen molar-refractivity contribution in [1.29, 1.82) is 0 Å². The third-order valence-electron chi connectivity index (χ3n) is 5.12. The molecule has 2 amide bonds. The second-order valence-corrected chi connectivity index (χ2v) is 10.2. The van der Waals surface area contributed by atoms with Gasteiger partial charge in [0.05, 0.1) is 11.5 Å². The first kappa shape index (κ1) is 20.6. The molecule has 1 aromatic rings. The molecule has 7 nitrogen and oxygen atoms in total. The van der Waals surface area contributed by atoms with E-state index in [-0.39, 0.29) is 41.9 Å². The average Bonchev–Trinajstić information content (AvgIpc) is 3.23. The zero-order valence-electron chi connectivity index (χ0n) is 16.5. The Morgan fingerprint density at radius 1 is 1.29 bits per heavy atom. The molecule has 2 aliphatic heterocycles. The highest BCUT2D eigenvalue weighted by Gasteiger charge is 2.35. The molecule has 8 heteroatoms. The van der Waals surface area contributed by atoms with Gasteiger partial charge in [0.1, 0.15) is 5.75 Å². The van der Waals surface area contributed by atoms with Crippen LogP contribution in [-0.2, 0) is 19.4 Å². The second-order valence-electron chi connectivity index (χ2n) is 7.93. The van der Waals surface area contributed by atoms with Crippen molar-refractivity contribution in [2.45, 2.75) is 39.2 Å². The van der Waals surface area contributed by atoms with Crippen LogP contribution in [0.25, 0.3) is 0 Å². The summed E-state index contributed by atoms with van der Waals surface area (Å²) in [5.74, 6) is 0.882. The fourth-order valence-corrected chi connectivity index (χ4v) is 5.47. The lowest BCUT2D eigenvalue weighted by atomic mass is 10.1. The van der Waals surface area contributed by atoms with Gasteiger partial charge in [-0.2, -0.15) is 0 Å². The lowest BCUT2D eigenvalue weighted by Crippen LogP contribution is -2.45. The van der Waals surface area contributed by atoms with Gasteiger partial charge in [-0.3, -0.25) is 9.59 Å². The highest BCUT2D eigenvalue weighted by molar-refractivity contribution is 7.91. The van der Waals surface area contributed by atoms with E-state index in [0.717, 1.165) is 18.7 Å². The fourth-order valence-electron chi connectivity index (χ4n) is 3.74. The lowest BCUT2D eigenvalue weighted by molar-refractivity contribution is -0.135. The Morgan fingerprint density at radius 3 is 2.54 bits per heavy atom. The van der Waals surface area contributed by atoms with Crippen LogP contribution in [0.2, 0.25) is 0 Å². The van der Waals surface area contributed by atoms with Gasteiger partial charge in [-0.25, -0.2) is 8.42 Å². The van der Waals surface area contributed by atoms with Gasteiger partial charge in [0.2, 0.25) is 5.91 Å². The normalized spacial score (nSPS) is 21.3. The Hall–Kier alpha value is -2.09. The van der Waals surface area contributed by atoms with Crippen LogP contribution < -0.4 is 9.64 Å². The Balaban J connectivity index is 1.60. The van der Waals surface area contributed by atoms with Gasteiger partial charge >= 0.3 is 0 Å². The first-order chi connectivity index (χ1) is 13.2. The molecule has 0 bridgehead atoms. The number of sulfone groups is 1. The van der Waals surface area contributed by atoms with Crippen LogP contribution in [0.1, 0.15) is 33.1 Å². The van der Waals surface area contributed by atoms with E-state index in [1.54, 1.807) is 21.9 Å². The van der Waals surface area contributed by atoms with Crippen LogP contribution in [0.3, 0.4) is 0 Å². The largest absolute Gasteiger partial charge is 0.484 e. The van der Waals surface area contributed by atoms with Crippen molar-refractivity contribution in [1.82, 2.24) is 4.90 Å². The van der Waals surface area contributed by atoms with Gasteiger partial charge in [0, 0.05) is 31.2 Å². The molecule has 0 N–H and O–H groups in total. The summed E-state index contributed by atoms with van der Waals surface area (Å²) in [4.78, 5) is 27.9. The molecule has 3 rings (SSSR count). The summed E-state index contributed by atoms with van der Waals surface area (Å²) in [7, 11) is -3.06. The molecule has 0 spiro atoms. The molecule has 2 saturated heterocycles. The second kappa shape index (κ2) is 8.51. The number of amides is 2. The minimum absolute atomic E-state index is 0.0318. The summed E-state index contributed by atoms with van der Waals surface area (Å²) in [6.07, 6.45) is 1.93. The van der Waals surface area contributed by atoms with Crippen molar-refractivity contribution in [2.75, 3.05) is 36.1 Å². The topological polar surface area (TPSA) is 84.0 Å². The highest BCUT2D eigenvalue weighted by Crippen LogP contribution is 2.24. The summed E-state index contributed by atoms with van der Waals surface area (Å²) in [6, 6.07) is 6.87. The molecule has 1 atom stereocenters. The van der Waals surface area contributed by atoms with Crippen molar-refractivity contribution < 1.29 is 22.7 Å². The van der Waals surface area contributed by atoms with Crippen molar-refractivity contribution >= 4 is 27.3 Å². The maximum Gasteiger partial charge on any atom is 0.260 e. The standard InChI is InChI=1S/C20H28N2O5S/c1-15(2)12-22(17-9-11-28(25,26)14-17)20(24)13-27-18-7-5-16(6-8-18)21-10-3-4-19(21)23/h5-8,15,17H,3-4,9-14H2,1-2H3/t17-/m0/s1. The van der Waals surface area contributed by atoms with Crippen LogP contribution in [0.5, 0.6) is 5.75 Å². The summed E-state index contributed by atoms with van der Waals surface area (Å²) >= 11 is 0. The molecule has 0 radical (unpaired) electrons. The monoisotopic (exact) mass is 408 g/mol. The van der Waals surface area contributed by atoms with Crippen LogP contribution in [0.4, 0.5) is 5.69 Å². The van der Waals surface area contributed by atoms with Gasteiger partial charge in [0.15, 0.2) is 16.4 Å². The molecular formula is C20H28N2O5S. The predicted molar refractivity (Wildman–Crippen MR) is 107 cm³/mol. The van der Waals surface area contributed by atoms with Crippen molar-refractivity contribution in [3.8, 4) is 5.75 Å². The van der Waals surface area contributed by atoms with Gasteiger partial charge in [0.25, 0.3) is 5.91 Å². The lowest BCUT2D eigenvalue weighted by Gasteiger charge is -2.30. The predicted octanol–water partition coefficient (Wildman–Crippen LogP) is 1.86. The Bertz CT molecular complexity index is 820. The molecule has 0 aromatic heterocycles. The molecule has 2 heterocycles. The zero-order valence-corrected chi connectivity index (χ0v) is 17.3. The zero-order chi connectivity index (χ0) is 20.3. The van der Waals surface area contributed by atoms with E-state index in [4.69, 9.17) is 4.74 Å². The SMILES string of the molecule is CC(C)CN(C(=O)COc1ccc(N2CCCC2=O)cc1)[C@H]1CCS(=O)(=O)C1. The van der Waals surface area contributed by atoms with E-state index >= 15 is 0 Å². The van der Waals surface area contributed by atoms with E-state index < -0.39 is 9.84 Å². The van der Waals surface area contributed by atoms with Gasteiger partial charge in [-0.1, -0.05) is 13.8 Å². The summed E-state index contributed by atoms with van der Waals surface area (Å²) in [5.41, 5.74) is 0.832. The number of nitrogens with zero attached hydrogens (tertiary/aromatic N) is 2. The smallest absolute Gasteiger partial charge is 0.260 e. The first-order valence-corrected chi connectivity index (χ1v) is 11.6. The van der Waals surface area contributed by atoms with E-state index in [0.29, 0.717) is 25.1 Å². The average molecular weight is 409 g/mol. The first-order valence-electron chi connectivity index (χ1n) is 9.78. The van der Waals surface area contributed by atoms with Gasteiger partial charge < -0.3 is 14.5 Å². The maximum absolute atomic E-state index is 12.7. The van der Waals surface area contributed by atoms with E-state index in [2.05, 4.69) is 0 Å². The van der Waals surface area contributed by atoms with Crippen molar-refractivity contribution in [3.05, 3.63) is 24.3 Å². The molecule has 0 aliphatic carbocycles. The molecular weight excluding hydrogens is 380 g/mol. The summed E-state index contributed by atoms with van der Waals surface area (Å²) < 4.78 is 29.2. The van der Waals surface area contributed by atoms with E-state index in [9.17, 15) is 18.0 Å². The quantitative estimate of drug-likeness (QED) is 0.688. The molecule has 28 heavy (non-hydrogen) atoms. The fraction of sp³-hybridized carbons (Fsp3) is 0.600. The summed E-state index contributed by atoms with van der Waals surface area (Å²) in [6.45, 7) is 5.11. The molecule has 0 unspecified atom stereocenters. The van der Waals surface area contributed by atoms with Crippen LogP contribution in [-0.4, -0.2) is 62.4 Å². The van der Waals surface area contributed by atoms with Crippen LogP contribution >= 0.6 is 0 Å². The maximum atomic E-state index is 12.7. The Kier molecular flexibility index (Phi) is 6.27. The number of anilines is 1. The number of ether oxygens (including phenoxy) is 1. The van der Waals surface area contributed by atoms with Crippen molar-refractivity contribution in [2.24, 2.45) is 5.92 Å². The summed E-state index contributed by atoms with van der Waals surface area (Å²) in [5, 5.41) is 0. The number of hydrogen-bond acceptors (Lipinski definition) is 5. The minimum Gasteiger partial charge on any atom is -0.484 e. The van der Waals surface area contributed by atoms with Gasteiger partial charge in [-0.15, -0.1) is 0 Å². The van der Waals surface area contributed by atoms with Gasteiger partial charge in [-0.05, 0) is 43.0 Å². The Labute approximate surface area is 166 Å². The minimum atomic E-state index is -3.06. The molecule has 2 aliphatic rings. The number of benzene rings is 1. The number of rotatable bonds is 7. The molecule has 2 fully saturated rings. The van der Waals surface area contributed by atoms with E-state index in [1.165, 1.54) is 0 Å². The molecule has 1 aromatic carbocycles. The molecule has 154 valence electrons. The van der Waals surface area contributed by atoms with Crippen molar-refractivity contribution in [3.63, 3.8) is 0 Å². The third-order valence-corrected chi connectivity index (χ3v) is 6.87. The molecule has 0 saturated carbocycles. The third kappa shape index (κ3) is 5.04.